The minimum Gasteiger partial charge on any atom is -0.399 e. The molecule has 2 aromatic rings. The number of anilines is 2. The number of nitrogens with one attached hydrogen (secondary N) is 1. The molecule has 0 radical (unpaired) electrons. The van der Waals surface area contributed by atoms with E-state index in [1.807, 2.05) is 56.3 Å². The number of carbonyl (C=O) groups is 1. The normalized spacial score (nSPS) is 10.3. The Kier molecular flexibility index (Phi) is 4.69. The van der Waals surface area contributed by atoms with Crippen LogP contribution in [-0.2, 0) is 4.79 Å². The molecule has 2 aromatic carbocycles. The second-order valence-electron chi connectivity index (χ2n) is 4.66. The van der Waals surface area contributed by atoms with Crippen LogP contribution in [0.4, 0.5) is 11.4 Å². The molecule has 0 unspecified atom stereocenters. The smallest absolute Gasteiger partial charge is 0.234 e. The van der Waals surface area contributed by atoms with Crippen molar-refractivity contribution in [1.29, 1.82) is 0 Å². The zero-order valence-electron chi connectivity index (χ0n) is 11.6. The highest BCUT2D eigenvalue weighted by molar-refractivity contribution is 8.00. The zero-order valence-corrected chi connectivity index (χ0v) is 12.5. The van der Waals surface area contributed by atoms with Crippen LogP contribution >= 0.6 is 11.8 Å². The van der Waals surface area contributed by atoms with E-state index in [9.17, 15) is 4.79 Å². The summed E-state index contributed by atoms with van der Waals surface area (Å²) in [6.07, 6.45) is 0. The third kappa shape index (κ3) is 3.78. The highest BCUT2D eigenvalue weighted by Gasteiger charge is 2.06. The fourth-order valence-electron chi connectivity index (χ4n) is 1.83. The maximum atomic E-state index is 12.0. The van der Waals surface area contributed by atoms with Gasteiger partial charge in [-0.1, -0.05) is 18.2 Å². The van der Waals surface area contributed by atoms with Crippen molar-refractivity contribution in [1.82, 2.24) is 0 Å². The summed E-state index contributed by atoms with van der Waals surface area (Å²) >= 11 is 1.48. The van der Waals surface area contributed by atoms with E-state index in [0.717, 1.165) is 16.1 Å². The summed E-state index contributed by atoms with van der Waals surface area (Å²) in [4.78, 5) is 13.0. The van der Waals surface area contributed by atoms with Crippen LogP contribution in [0.3, 0.4) is 0 Å². The Morgan fingerprint density at radius 2 is 1.95 bits per heavy atom. The molecule has 0 spiro atoms. The lowest BCUT2D eigenvalue weighted by molar-refractivity contribution is -0.113. The van der Waals surface area contributed by atoms with E-state index in [2.05, 4.69) is 5.32 Å². The van der Waals surface area contributed by atoms with Gasteiger partial charge in [-0.2, -0.15) is 0 Å². The first kappa shape index (κ1) is 14.5. The number of carbonyl (C=O) groups excluding carboxylic acids is 1. The molecule has 0 aliphatic carbocycles. The van der Waals surface area contributed by atoms with Crippen LogP contribution < -0.4 is 11.1 Å². The van der Waals surface area contributed by atoms with Gasteiger partial charge in [-0.3, -0.25) is 4.79 Å². The molecule has 0 saturated carbocycles. The Labute approximate surface area is 123 Å². The summed E-state index contributed by atoms with van der Waals surface area (Å²) in [5.74, 6) is 0.364. The highest BCUT2D eigenvalue weighted by atomic mass is 32.2. The molecule has 20 heavy (non-hydrogen) atoms. The number of hydrogen-bond donors (Lipinski definition) is 2. The molecule has 0 aliphatic rings. The highest BCUT2D eigenvalue weighted by Crippen LogP contribution is 2.22. The lowest BCUT2D eigenvalue weighted by Crippen LogP contribution is -2.15. The molecule has 104 valence electrons. The Morgan fingerprint density at radius 3 is 2.70 bits per heavy atom. The van der Waals surface area contributed by atoms with Gasteiger partial charge in [-0.15, -0.1) is 11.8 Å². The Bertz CT molecular complexity index is 626. The molecular formula is C16H18N2OS. The average molecular weight is 286 g/mol. The number of amides is 1. The molecule has 0 aromatic heterocycles. The van der Waals surface area contributed by atoms with Crippen molar-refractivity contribution in [3.8, 4) is 0 Å². The van der Waals surface area contributed by atoms with E-state index in [1.165, 1.54) is 17.3 Å². The summed E-state index contributed by atoms with van der Waals surface area (Å²) < 4.78 is 0. The van der Waals surface area contributed by atoms with Gasteiger partial charge in [0.15, 0.2) is 0 Å². The van der Waals surface area contributed by atoms with E-state index in [0.29, 0.717) is 11.4 Å². The van der Waals surface area contributed by atoms with Gasteiger partial charge in [-0.05, 0) is 49.2 Å². The molecule has 0 atom stereocenters. The van der Waals surface area contributed by atoms with Gasteiger partial charge in [0, 0.05) is 16.3 Å². The maximum Gasteiger partial charge on any atom is 0.234 e. The topological polar surface area (TPSA) is 55.1 Å². The van der Waals surface area contributed by atoms with Crippen LogP contribution in [0.25, 0.3) is 0 Å². The van der Waals surface area contributed by atoms with Crippen molar-refractivity contribution in [2.24, 2.45) is 0 Å². The van der Waals surface area contributed by atoms with E-state index < -0.39 is 0 Å². The first-order chi connectivity index (χ1) is 9.56. The van der Waals surface area contributed by atoms with E-state index in [4.69, 9.17) is 5.73 Å². The summed E-state index contributed by atoms with van der Waals surface area (Å²) in [6, 6.07) is 13.4. The van der Waals surface area contributed by atoms with Crippen molar-refractivity contribution in [2.45, 2.75) is 18.7 Å². The molecule has 0 heterocycles. The number of thioether (sulfide) groups is 1. The summed E-state index contributed by atoms with van der Waals surface area (Å²) in [5.41, 5.74) is 9.58. The van der Waals surface area contributed by atoms with E-state index in [1.54, 1.807) is 0 Å². The van der Waals surface area contributed by atoms with Crippen LogP contribution in [0.15, 0.2) is 47.4 Å². The summed E-state index contributed by atoms with van der Waals surface area (Å²) in [6.45, 7) is 4.04. The Hall–Kier alpha value is -1.94. The molecule has 4 heteroatoms. The summed E-state index contributed by atoms with van der Waals surface area (Å²) in [7, 11) is 0. The van der Waals surface area contributed by atoms with Crippen LogP contribution in [0.1, 0.15) is 11.1 Å². The molecule has 3 N–H and O–H groups in total. The van der Waals surface area contributed by atoms with Gasteiger partial charge >= 0.3 is 0 Å². The van der Waals surface area contributed by atoms with Crippen molar-refractivity contribution < 1.29 is 4.79 Å². The van der Waals surface area contributed by atoms with Crippen molar-refractivity contribution in [2.75, 3.05) is 16.8 Å². The van der Waals surface area contributed by atoms with Crippen LogP contribution in [-0.4, -0.2) is 11.7 Å². The fourth-order valence-corrected chi connectivity index (χ4v) is 2.59. The van der Waals surface area contributed by atoms with Gasteiger partial charge in [0.2, 0.25) is 5.91 Å². The maximum absolute atomic E-state index is 12.0. The Balaban J connectivity index is 1.94. The van der Waals surface area contributed by atoms with Crippen LogP contribution in [0.2, 0.25) is 0 Å². The Morgan fingerprint density at radius 1 is 1.20 bits per heavy atom. The predicted octanol–water partition coefficient (Wildman–Crippen LogP) is 3.62. The number of rotatable bonds is 4. The molecule has 2 rings (SSSR count). The molecule has 0 saturated heterocycles. The van der Waals surface area contributed by atoms with Gasteiger partial charge in [0.1, 0.15) is 0 Å². The van der Waals surface area contributed by atoms with Crippen LogP contribution in [0.5, 0.6) is 0 Å². The lowest BCUT2D eigenvalue weighted by atomic mass is 10.1. The third-order valence-electron chi connectivity index (χ3n) is 3.11. The zero-order chi connectivity index (χ0) is 14.5. The third-order valence-corrected chi connectivity index (χ3v) is 4.10. The molecule has 0 fully saturated rings. The van der Waals surface area contributed by atoms with E-state index >= 15 is 0 Å². The second-order valence-corrected chi connectivity index (χ2v) is 5.71. The van der Waals surface area contributed by atoms with Crippen molar-refractivity contribution >= 4 is 29.0 Å². The summed E-state index contributed by atoms with van der Waals surface area (Å²) in [5, 5.41) is 2.94. The minimum atomic E-state index is -0.00822. The standard InChI is InChI=1S/C16H18N2OS/c1-11-5-3-8-15(12(11)2)18-16(19)10-20-14-7-4-6-13(17)9-14/h3-9H,10,17H2,1-2H3,(H,18,19). The fraction of sp³-hybridized carbons (Fsp3) is 0.188. The van der Waals surface area contributed by atoms with Crippen molar-refractivity contribution in [3.05, 3.63) is 53.6 Å². The molecular weight excluding hydrogens is 268 g/mol. The van der Waals surface area contributed by atoms with Gasteiger partial charge in [0.05, 0.1) is 5.75 Å². The van der Waals surface area contributed by atoms with Gasteiger partial charge in [0.25, 0.3) is 0 Å². The van der Waals surface area contributed by atoms with Crippen LogP contribution in [0, 0.1) is 13.8 Å². The van der Waals surface area contributed by atoms with Gasteiger partial charge in [-0.25, -0.2) is 0 Å². The number of benzene rings is 2. The predicted molar refractivity (Wildman–Crippen MR) is 86.1 cm³/mol. The molecule has 0 aliphatic heterocycles. The van der Waals surface area contributed by atoms with Crippen molar-refractivity contribution in [3.63, 3.8) is 0 Å². The molecule has 0 bridgehead atoms. The lowest BCUT2D eigenvalue weighted by Gasteiger charge is -2.10. The first-order valence-electron chi connectivity index (χ1n) is 6.40. The monoisotopic (exact) mass is 286 g/mol. The number of nitrogen functional groups attached to an aromatic ring is 1. The first-order valence-corrected chi connectivity index (χ1v) is 7.39. The second kappa shape index (κ2) is 6.48. The van der Waals surface area contributed by atoms with E-state index in [-0.39, 0.29) is 5.91 Å². The number of hydrogen-bond acceptors (Lipinski definition) is 3. The van der Waals surface area contributed by atoms with Gasteiger partial charge < -0.3 is 11.1 Å². The largest absolute Gasteiger partial charge is 0.399 e. The average Bonchev–Trinajstić information content (AvgIpc) is 2.42. The SMILES string of the molecule is Cc1cccc(NC(=O)CSc2cccc(N)c2)c1C. The number of aryl methyl sites for hydroxylation is 1. The number of nitrogens with two attached hydrogens (primary N) is 1. The minimum absolute atomic E-state index is 0.00822. The quantitative estimate of drug-likeness (QED) is 0.667. The molecule has 1 amide bonds. The molecule has 3 nitrogen and oxygen atoms in total.